The molecule has 1 aromatic heterocycles. The highest BCUT2D eigenvalue weighted by atomic mass is 15.1. The molecule has 0 bridgehead atoms. The van der Waals surface area contributed by atoms with Gasteiger partial charge in [-0.25, -0.2) is 0 Å². The van der Waals surface area contributed by atoms with Crippen LogP contribution in [0.2, 0.25) is 0 Å². The number of para-hydroxylation sites is 1. The van der Waals surface area contributed by atoms with Crippen LogP contribution < -0.4 is 4.90 Å². The summed E-state index contributed by atoms with van der Waals surface area (Å²) in [5, 5.41) is 2.36. The fourth-order valence-electron chi connectivity index (χ4n) is 11.1. The second kappa shape index (κ2) is 17.0. The van der Waals surface area contributed by atoms with E-state index in [-0.39, 0.29) is 29.9 Å². The molecule has 1 aliphatic carbocycles. The maximum atomic E-state index is 9.58. The van der Waals surface area contributed by atoms with Gasteiger partial charge in [-0.05, 0) is 152 Å². The van der Waals surface area contributed by atoms with Gasteiger partial charge in [0, 0.05) is 33.5 Å². The lowest BCUT2D eigenvalue weighted by atomic mass is 9.67. The van der Waals surface area contributed by atoms with Crippen molar-refractivity contribution in [2.45, 2.75) is 12.3 Å². The summed E-state index contributed by atoms with van der Waals surface area (Å²) in [5.41, 5.74) is 18.1. The van der Waals surface area contributed by atoms with E-state index < -0.39 is 5.41 Å². The monoisotopic (exact) mass is 896 g/mol. The molecule has 0 unspecified atom stereocenters. The van der Waals surface area contributed by atoms with Gasteiger partial charge in [0.1, 0.15) is 0 Å². The van der Waals surface area contributed by atoms with Gasteiger partial charge in [-0.3, -0.25) is 0 Å². The number of fused-ring (bicyclic) bond motifs is 6. The number of benzene rings is 11. The van der Waals surface area contributed by atoms with Gasteiger partial charge in [-0.1, -0.05) is 200 Å². The Bertz CT molecular complexity index is 4060. The van der Waals surface area contributed by atoms with Crippen LogP contribution >= 0.6 is 0 Å². The normalized spacial score (nSPS) is 13.3. The SMILES string of the molecule is [2H]c1c([2H])c(C)c([2H])c(N(c2cccc(-c3cccc(-c4ccc5c(c4)c4ccccc4n5-c4ccc(-c5ccccc5)cc4)c3)c2)c2ccc3c(c2)C(c2ccccc2)(c2ccccc2)c2ccccc2-3)c1[2H]. The molecule has 0 atom stereocenters. The highest BCUT2D eigenvalue weighted by Crippen LogP contribution is 2.57. The van der Waals surface area contributed by atoms with E-state index in [2.05, 4.69) is 235 Å². The molecule has 1 heterocycles. The number of rotatable bonds is 9. The van der Waals surface area contributed by atoms with Crippen molar-refractivity contribution in [3.8, 4) is 50.2 Å². The summed E-state index contributed by atoms with van der Waals surface area (Å²) in [4.78, 5) is 1.96. The Morgan fingerprint density at radius 1 is 0.386 bits per heavy atom. The van der Waals surface area contributed by atoms with Crippen LogP contribution in [-0.4, -0.2) is 4.57 Å². The smallest absolute Gasteiger partial charge is 0.0714 e. The Morgan fingerprint density at radius 3 is 1.70 bits per heavy atom. The average molecular weight is 897 g/mol. The fraction of sp³-hybridized carbons (Fsp3) is 0.0294. The van der Waals surface area contributed by atoms with E-state index in [0.717, 1.165) is 78.2 Å². The average Bonchev–Trinajstić information content (AvgIpc) is 3.96. The zero-order valence-corrected chi connectivity index (χ0v) is 38.6. The molecule has 330 valence electrons. The molecule has 0 radical (unpaired) electrons. The molecule has 13 rings (SSSR count). The third kappa shape index (κ3) is 6.79. The van der Waals surface area contributed by atoms with Crippen LogP contribution in [0.5, 0.6) is 0 Å². The molecule has 11 aromatic carbocycles. The number of hydrogen-bond donors (Lipinski definition) is 0. The maximum absolute atomic E-state index is 9.58. The first-order valence-electron chi connectivity index (χ1n) is 25.9. The predicted molar refractivity (Wildman–Crippen MR) is 294 cm³/mol. The largest absolute Gasteiger partial charge is 0.310 e. The molecule has 1 aliphatic rings. The lowest BCUT2D eigenvalue weighted by molar-refractivity contribution is 0.768. The third-order valence-corrected chi connectivity index (χ3v) is 14.2. The van der Waals surface area contributed by atoms with Crippen LogP contribution in [0.15, 0.2) is 273 Å². The zero-order chi connectivity index (χ0) is 50.1. The van der Waals surface area contributed by atoms with Crippen molar-refractivity contribution in [1.82, 2.24) is 4.57 Å². The van der Waals surface area contributed by atoms with Crippen molar-refractivity contribution in [2.24, 2.45) is 0 Å². The molecule has 0 fully saturated rings. The van der Waals surface area contributed by atoms with Crippen molar-refractivity contribution < 1.29 is 5.48 Å². The van der Waals surface area contributed by atoms with Gasteiger partial charge in [0.2, 0.25) is 0 Å². The maximum Gasteiger partial charge on any atom is 0.0714 e. The van der Waals surface area contributed by atoms with Crippen LogP contribution in [0.4, 0.5) is 17.1 Å². The second-order valence-corrected chi connectivity index (χ2v) is 18.2. The zero-order valence-electron chi connectivity index (χ0n) is 42.6. The van der Waals surface area contributed by atoms with Gasteiger partial charge in [-0.2, -0.15) is 0 Å². The summed E-state index contributed by atoms with van der Waals surface area (Å²) in [6, 6.07) is 87.6. The first-order valence-corrected chi connectivity index (χ1v) is 23.9. The quantitative estimate of drug-likeness (QED) is 0.140. The van der Waals surface area contributed by atoms with E-state index in [0.29, 0.717) is 5.56 Å². The lowest BCUT2D eigenvalue weighted by Gasteiger charge is -2.35. The van der Waals surface area contributed by atoms with Gasteiger partial charge in [-0.15, -0.1) is 0 Å². The highest BCUT2D eigenvalue weighted by Gasteiger charge is 2.46. The summed E-state index contributed by atoms with van der Waals surface area (Å²) in [6.45, 7) is 1.71. The molecule has 0 amide bonds. The lowest BCUT2D eigenvalue weighted by Crippen LogP contribution is -2.28. The Labute approximate surface area is 415 Å². The molecule has 2 heteroatoms. The van der Waals surface area contributed by atoms with Crippen molar-refractivity contribution in [3.63, 3.8) is 0 Å². The van der Waals surface area contributed by atoms with E-state index in [1.807, 2.05) is 23.1 Å². The fourth-order valence-corrected chi connectivity index (χ4v) is 11.1. The number of nitrogens with zero attached hydrogens (tertiary/aromatic N) is 2. The van der Waals surface area contributed by atoms with Gasteiger partial charge < -0.3 is 9.47 Å². The van der Waals surface area contributed by atoms with E-state index in [9.17, 15) is 2.74 Å². The molecule has 0 saturated heterocycles. The minimum Gasteiger partial charge on any atom is -0.310 e. The standard InChI is InChI=1S/C68H48N2/c1-47-18-15-28-57(42-47)69(59-39-40-61-60-30-11-13-32-64(60)68(65(61)46-59,54-24-7-3-8-25-54)55-26-9-4-10-27-55)58-29-17-23-52(44-58)50-21-16-22-51(43-50)53-36-41-67-63(45-53)62-31-12-14-33-66(62)70(67)56-37-34-49(35-38-56)48-19-5-2-6-20-48/h2-46H,1H3/i15D,18D,28D,42D. The van der Waals surface area contributed by atoms with Crippen LogP contribution in [0.1, 0.15) is 33.3 Å². The predicted octanol–water partition coefficient (Wildman–Crippen LogP) is 17.9. The molecular weight excluding hydrogens is 845 g/mol. The van der Waals surface area contributed by atoms with Crippen LogP contribution in [0.25, 0.3) is 72.0 Å². The van der Waals surface area contributed by atoms with E-state index in [1.54, 1.807) is 6.92 Å². The first kappa shape index (κ1) is 37.1. The summed E-state index contributed by atoms with van der Waals surface area (Å²) < 4.78 is 39.2. The van der Waals surface area contributed by atoms with Gasteiger partial charge in [0.25, 0.3) is 0 Å². The van der Waals surface area contributed by atoms with Crippen LogP contribution in [0, 0.1) is 6.92 Å². The van der Waals surface area contributed by atoms with Crippen LogP contribution in [-0.2, 0) is 5.41 Å². The molecule has 2 nitrogen and oxygen atoms in total. The molecular formula is C68H48N2. The summed E-state index contributed by atoms with van der Waals surface area (Å²) in [5.74, 6) is 0. The minimum atomic E-state index is -0.681. The van der Waals surface area contributed by atoms with E-state index in [4.69, 9.17) is 2.74 Å². The van der Waals surface area contributed by atoms with Gasteiger partial charge in [0.15, 0.2) is 0 Å². The third-order valence-electron chi connectivity index (χ3n) is 14.2. The van der Waals surface area contributed by atoms with Gasteiger partial charge in [0.05, 0.1) is 21.9 Å². The van der Waals surface area contributed by atoms with E-state index >= 15 is 0 Å². The van der Waals surface area contributed by atoms with E-state index in [1.165, 1.54) is 27.5 Å². The number of anilines is 3. The molecule has 0 aliphatic heterocycles. The molecule has 0 saturated carbocycles. The molecule has 0 N–H and O–H groups in total. The summed E-state index contributed by atoms with van der Waals surface area (Å²) in [7, 11) is 0. The molecule has 70 heavy (non-hydrogen) atoms. The Hall–Kier alpha value is -8.98. The van der Waals surface area contributed by atoms with Crippen molar-refractivity contribution in [2.75, 3.05) is 4.90 Å². The van der Waals surface area contributed by atoms with Crippen molar-refractivity contribution >= 4 is 38.9 Å². The Morgan fingerprint density at radius 2 is 0.943 bits per heavy atom. The van der Waals surface area contributed by atoms with Crippen molar-refractivity contribution in [1.29, 1.82) is 0 Å². The first-order chi connectivity index (χ1) is 36.3. The summed E-state index contributed by atoms with van der Waals surface area (Å²) in [6.07, 6.45) is 0. The van der Waals surface area contributed by atoms with Crippen LogP contribution in [0.3, 0.4) is 0 Å². The Kier molecular flexibility index (Phi) is 8.98. The van der Waals surface area contributed by atoms with Crippen molar-refractivity contribution in [3.05, 3.63) is 301 Å². The summed E-state index contributed by atoms with van der Waals surface area (Å²) >= 11 is 0. The molecule has 12 aromatic rings. The molecule has 0 spiro atoms. The number of aromatic nitrogens is 1. The Balaban J connectivity index is 0.942. The minimum absolute atomic E-state index is 0.0468. The van der Waals surface area contributed by atoms with Gasteiger partial charge >= 0.3 is 0 Å². The second-order valence-electron chi connectivity index (χ2n) is 18.2. The number of hydrogen-bond acceptors (Lipinski definition) is 1. The topological polar surface area (TPSA) is 8.17 Å². The highest BCUT2D eigenvalue weighted by molar-refractivity contribution is 6.10.